The van der Waals surface area contributed by atoms with Crippen LogP contribution in [0.15, 0.2) is 0 Å². The Hall–Kier alpha value is 0.600. The predicted octanol–water partition coefficient (Wildman–Crippen LogP) is 3.12. The SMILES string of the molecule is CC(CCl)CSC1CCCCO1. The third-order valence-corrected chi connectivity index (χ3v) is 4.00. The van der Waals surface area contributed by atoms with Crippen LogP contribution in [0.4, 0.5) is 0 Å². The van der Waals surface area contributed by atoms with Crippen LogP contribution < -0.4 is 0 Å². The maximum absolute atomic E-state index is 5.72. The molecule has 1 heterocycles. The average molecular weight is 209 g/mol. The highest BCUT2D eigenvalue weighted by atomic mass is 35.5. The fourth-order valence-corrected chi connectivity index (χ4v) is 2.58. The summed E-state index contributed by atoms with van der Waals surface area (Å²) >= 11 is 7.64. The molecule has 0 aliphatic carbocycles. The van der Waals surface area contributed by atoms with Crippen molar-refractivity contribution in [2.24, 2.45) is 5.92 Å². The van der Waals surface area contributed by atoms with E-state index < -0.39 is 0 Å². The van der Waals surface area contributed by atoms with Gasteiger partial charge in [-0.15, -0.1) is 23.4 Å². The molecule has 1 rings (SSSR count). The lowest BCUT2D eigenvalue weighted by Gasteiger charge is -2.22. The molecule has 1 aliphatic heterocycles. The molecular formula is C9H17ClOS. The van der Waals surface area contributed by atoms with Gasteiger partial charge in [0.1, 0.15) is 5.44 Å². The quantitative estimate of drug-likeness (QED) is 0.657. The Morgan fingerprint density at radius 3 is 3.00 bits per heavy atom. The number of thioether (sulfide) groups is 1. The fourth-order valence-electron chi connectivity index (χ4n) is 1.16. The van der Waals surface area contributed by atoms with Crippen LogP contribution in [0.25, 0.3) is 0 Å². The molecule has 2 unspecified atom stereocenters. The summed E-state index contributed by atoms with van der Waals surface area (Å²) in [5, 5.41) is 0. The molecule has 0 N–H and O–H groups in total. The van der Waals surface area contributed by atoms with Gasteiger partial charge in [-0.3, -0.25) is 0 Å². The number of alkyl halides is 1. The van der Waals surface area contributed by atoms with Crippen molar-refractivity contribution in [2.75, 3.05) is 18.2 Å². The first-order valence-corrected chi connectivity index (χ1v) is 6.20. The monoisotopic (exact) mass is 208 g/mol. The van der Waals surface area contributed by atoms with Gasteiger partial charge in [0.15, 0.2) is 0 Å². The van der Waals surface area contributed by atoms with E-state index in [-0.39, 0.29) is 0 Å². The lowest BCUT2D eigenvalue weighted by atomic mass is 10.2. The summed E-state index contributed by atoms with van der Waals surface area (Å²) in [5.74, 6) is 2.51. The van der Waals surface area contributed by atoms with Gasteiger partial charge in [-0.05, 0) is 30.9 Å². The van der Waals surface area contributed by atoms with Crippen molar-refractivity contribution in [3.05, 3.63) is 0 Å². The van der Waals surface area contributed by atoms with Gasteiger partial charge >= 0.3 is 0 Å². The van der Waals surface area contributed by atoms with Gasteiger partial charge in [0.2, 0.25) is 0 Å². The van der Waals surface area contributed by atoms with E-state index in [1.807, 2.05) is 11.8 Å². The zero-order chi connectivity index (χ0) is 8.81. The second-order valence-electron chi connectivity index (χ2n) is 3.39. The molecule has 0 spiro atoms. The summed E-state index contributed by atoms with van der Waals surface area (Å²) in [6.45, 7) is 3.13. The van der Waals surface area contributed by atoms with Gasteiger partial charge in [-0.25, -0.2) is 0 Å². The molecule has 0 aromatic rings. The van der Waals surface area contributed by atoms with Gasteiger partial charge in [-0.2, -0.15) is 0 Å². The van der Waals surface area contributed by atoms with E-state index in [9.17, 15) is 0 Å². The molecule has 3 heteroatoms. The van der Waals surface area contributed by atoms with Crippen LogP contribution in [0.5, 0.6) is 0 Å². The smallest absolute Gasteiger partial charge is 0.103 e. The maximum Gasteiger partial charge on any atom is 0.103 e. The van der Waals surface area contributed by atoms with E-state index in [0.29, 0.717) is 11.4 Å². The summed E-state index contributed by atoms with van der Waals surface area (Å²) in [6, 6.07) is 0. The van der Waals surface area contributed by atoms with Gasteiger partial charge < -0.3 is 4.74 Å². The number of ether oxygens (including phenoxy) is 1. The third kappa shape index (κ3) is 4.01. The van der Waals surface area contributed by atoms with Crippen LogP contribution in [-0.2, 0) is 4.74 Å². The summed E-state index contributed by atoms with van der Waals surface area (Å²) in [5.41, 5.74) is 0.449. The van der Waals surface area contributed by atoms with Gasteiger partial charge in [0, 0.05) is 12.5 Å². The highest BCUT2D eigenvalue weighted by Gasteiger charge is 2.14. The normalized spacial score (nSPS) is 27.0. The third-order valence-electron chi connectivity index (χ3n) is 1.97. The fraction of sp³-hybridized carbons (Fsp3) is 1.00. The highest BCUT2D eigenvalue weighted by Crippen LogP contribution is 2.25. The topological polar surface area (TPSA) is 9.23 Å². The van der Waals surface area contributed by atoms with Crippen LogP contribution in [-0.4, -0.2) is 23.7 Å². The highest BCUT2D eigenvalue weighted by molar-refractivity contribution is 7.99. The minimum Gasteiger partial charge on any atom is -0.368 e. The van der Waals surface area contributed by atoms with E-state index in [0.717, 1.165) is 18.2 Å². The Morgan fingerprint density at radius 2 is 2.42 bits per heavy atom. The van der Waals surface area contributed by atoms with Crippen molar-refractivity contribution >= 4 is 23.4 Å². The second-order valence-corrected chi connectivity index (χ2v) is 4.89. The molecule has 72 valence electrons. The molecule has 1 fully saturated rings. The van der Waals surface area contributed by atoms with E-state index in [1.165, 1.54) is 19.3 Å². The Balaban J connectivity index is 2.05. The largest absolute Gasteiger partial charge is 0.368 e. The Labute approximate surface area is 84.2 Å². The second kappa shape index (κ2) is 6.11. The van der Waals surface area contributed by atoms with Crippen LogP contribution in [0.2, 0.25) is 0 Å². The number of hydrogen-bond donors (Lipinski definition) is 0. The van der Waals surface area contributed by atoms with Crippen LogP contribution in [0.3, 0.4) is 0 Å². The Kier molecular flexibility index (Phi) is 5.44. The first kappa shape index (κ1) is 10.7. The zero-order valence-electron chi connectivity index (χ0n) is 7.59. The molecular weight excluding hydrogens is 192 g/mol. The average Bonchev–Trinajstić information content (AvgIpc) is 2.16. The van der Waals surface area contributed by atoms with Crippen molar-refractivity contribution in [2.45, 2.75) is 31.6 Å². The van der Waals surface area contributed by atoms with E-state index >= 15 is 0 Å². The van der Waals surface area contributed by atoms with Gasteiger partial charge in [0.25, 0.3) is 0 Å². The maximum atomic E-state index is 5.72. The molecule has 1 saturated heterocycles. The van der Waals surface area contributed by atoms with E-state index in [4.69, 9.17) is 16.3 Å². The molecule has 0 radical (unpaired) electrons. The minimum atomic E-state index is 0.449. The van der Waals surface area contributed by atoms with Crippen molar-refractivity contribution in [3.8, 4) is 0 Å². The molecule has 0 aromatic heterocycles. The van der Waals surface area contributed by atoms with Crippen molar-refractivity contribution in [1.82, 2.24) is 0 Å². The predicted molar refractivity (Wildman–Crippen MR) is 55.9 cm³/mol. The Bertz CT molecular complexity index is 115. The van der Waals surface area contributed by atoms with Crippen LogP contribution >= 0.6 is 23.4 Å². The standard InChI is InChI=1S/C9H17ClOS/c1-8(6-10)7-12-9-4-2-3-5-11-9/h8-9H,2-7H2,1H3. The molecule has 1 aliphatic rings. The first-order chi connectivity index (χ1) is 5.83. The lowest BCUT2D eigenvalue weighted by Crippen LogP contribution is -2.17. The molecule has 0 amide bonds. The molecule has 1 nitrogen and oxygen atoms in total. The zero-order valence-corrected chi connectivity index (χ0v) is 9.16. The van der Waals surface area contributed by atoms with Crippen LogP contribution in [0, 0.1) is 5.92 Å². The van der Waals surface area contributed by atoms with Crippen molar-refractivity contribution in [1.29, 1.82) is 0 Å². The molecule has 0 bridgehead atoms. The Morgan fingerprint density at radius 1 is 1.58 bits per heavy atom. The molecule has 0 saturated carbocycles. The first-order valence-electron chi connectivity index (χ1n) is 4.62. The number of halogens is 1. The van der Waals surface area contributed by atoms with Crippen molar-refractivity contribution in [3.63, 3.8) is 0 Å². The number of hydrogen-bond acceptors (Lipinski definition) is 2. The minimum absolute atomic E-state index is 0.449. The van der Waals surface area contributed by atoms with Crippen LogP contribution in [0.1, 0.15) is 26.2 Å². The molecule has 2 atom stereocenters. The summed E-state index contributed by atoms with van der Waals surface area (Å²) in [4.78, 5) is 0. The molecule has 0 aromatic carbocycles. The summed E-state index contributed by atoms with van der Waals surface area (Å²) in [6.07, 6.45) is 3.79. The number of rotatable bonds is 4. The lowest BCUT2D eigenvalue weighted by molar-refractivity contribution is 0.0727. The van der Waals surface area contributed by atoms with Gasteiger partial charge in [0.05, 0.1) is 0 Å². The van der Waals surface area contributed by atoms with Gasteiger partial charge in [-0.1, -0.05) is 6.92 Å². The van der Waals surface area contributed by atoms with Crippen molar-refractivity contribution < 1.29 is 4.74 Å². The summed E-state index contributed by atoms with van der Waals surface area (Å²) in [7, 11) is 0. The molecule has 12 heavy (non-hydrogen) atoms. The van der Waals surface area contributed by atoms with E-state index in [1.54, 1.807) is 0 Å². The summed E-state index contributed by atoms with van der Waals surface area (Å²) < 4.78 is 5.59. The van der Waals surface area contributed by atoms with E-state index in [2.05, 4.69) is 6.92 Å².